The third-order valence-corrected chi connectivity index (χ3v) is 9.31. The summed E-state index contributed by atoms with van der Waals surface area (Å²) in [5.74, 6) is 0.811. The molecule has 0 spiro atoms. The smallest absolute Gasteiger partial charge is 0.243 e. The molecule has 1 aliphatic heterocycles. The van der Waals surface area contributed by atoms with Crippen molar-refractivity contribution in [2.24, 2.45) is 4.99 Å². The van der Waals surface area contributed by atoms with Crippen molar-refractivity contribution in [1.29, 1.82) is 0 Å². The summed E-state index contributed by atoms with van der Waals surface area (Å²) in [4.78, 5) is 6.08. The number of halogens is 2. The number of thiazole rings is 1. The van der Waals surface area contributed by atoms with Gasteiger partial charge in [-0.1, -0.05) is 35.9 Å². The summed E-state index contributed by atoms with van der Waals surface area (Å²) in [5, 5.41) is 2.75. The summed E-state index contributed by atoms with van der Waals surface area (Å²) in [6, 6.07) is 22.6. The minimum absolute atomic E-state index is 0. The second-order valence-electron chi connectivity index (χ2n) is 8.79. The van der Waals surface area contributed by atoms with Crippen LogP contribution in [0.2, 0.25) is 5.02 Å². The van der Waals surface area contributed by atoms with Gasteiger partial charge in [-0.15, -0.1) is 28.3 Å². The molecule has 200 valence electrons. The largest absolute Gasteiger partial charge is 0.494 e. The monoisotopic (exact) mass is 633 g/mol. The highest BCUT2D eigenvalue weighted by molar-refractivity contribution is 8.93. The van der Waals surface area contributed by atoms with Gasteiger partial charge >= 0.3 is 0 Å². The molecule has 6 nitrogen and oxygen atoms in total. The molecule has 0 bridgehead atoms. The van der Waals surface area contributed by atoms with Crippen molar-refractivity contribution >= 4 is 55.6 Å². The Labute approximate surface area is 243 Å². The van der Waals surface area contributed by atoms with Crippen LogP contribution in [0.15, 0.2) is 88.1 Å². The Hall–Kier alpha value is -2.43. The SMILES string of the molecule is Br.CCOc1ccc(N=c2scc(-c3ccc(S(=O)(=O)N4CCCC4)cc3)n2Cc2ccc(Cl)cc2)cc1. The molecule has 1 aromatic heterocycles. The lowest BCUT2D eigenvalue weighted by Gasteiger charge is -2.16. The number of benzene rings is 3. The van der Waals surface area contributed by atoms with E-state index in [-0.39, 0.29) is 17.0 Å². The van der Waals surface area contributed by atoms with E-state index in [4.69, 9.17) is 21.3 Å². The van der Waals surface area contributed by atoms with Crippen molar-refractivity contribution < 1.29 is 13.2 Å². The van der Waals surface area contributed by atoms with Crippen LogP contribution in [0.1, 0.15) is 25.3 Å². The Morgan fingerprint density at radius 2 is 1.61 bits per heavy atom. The van der Waals surface area contributed by atoms with E-state index in [0.29, 0.717) is 36.2 Å². The molecule has 5 rings (SSSR count). The highest BCUT2D eigenvalue weighted by atomic mass is 79.9. The molecule has 0 radical (unpaired) electrons. The average Bonchev–Trinajstić information content (AvgIpc) is 3.58. The summed E-state index contributed by atoms with van der Waals surface area (Å²) in [6.45, 7) is 4.35. The second kappa shape index (κ2) is 12.6. The van der Waals surface area contributed by atoms with Gasteiger partial charge in [0, 0.05) is 23.5 Å². The summed E-state index contributed by atoms with van der Waals surface area (Å²) in [6.07, 6.45) is 1.83. The highest BCUT2D eigenvalue weighted by Gasteiger charge is 2.27. The van der Waals surface area contributed by atoms with Crippen LogP contribution in [-0.4, -0.2) is 37.0 Å². The molecule has 1 fully saturated rings. The maximum Gasteiger partial charge on any atom is 0.243 e. The molecule has 2 heterocycles. The van der Waals surface area contributed by atoms with Gasteiger partial charge in [-0.2, -0.15) is 4.31 Å². The molecule has 0 aliphatic carbocycles. The quantitative estimate of drug-likeness (QED) is 0.212. The molecule has 0 amide bonds. The number of sulfonamides is 1. The molecule has 0 unspecified atom stereocenters. The zero-order chi connectivity index (χ0) is 25.8. The van der Waals surface area contributed by atoms with Crippen molar-refractivity contribution in [2.75, 3.05) is 19.7 Å². The molecule has 38 heavy (non-hydrogen) atoms. The van der Waals surface area contributed by atoms with Crippen LogP contribution in [0.5, 0.6) is 5.75 Å². The van der Waals surface area contributed by atoms with Gasteiger partial charge in [0.25, 0.3) is 0 Å². The number of hydrogen-bond donors (Lipinski definition) is 0. The van der Waals surface area contributed by atoms with Gasteiger partial charge in [0.1, 0.15) is 5.75 Å². The Kier molecular flexibility index (Phi) is 9.49. The average molecular weight is 635 g/mol. The lowest BCUT2D eigenvalue weighted by Crippen LogP contribution is -2.27. The predicted octanol–water partition coefficient (Wildman–Crippen LogP) is 6.91. The van der Waals surface area contributed by atoms with Crippen molar-refractivity contribution in [3.05, 3.63) is 93.6 Å². The Balaban J connectivity index is 0.00000336. The van der Waals surface area contributed by atoms with E-state index in [1.54, 1.807) is 27.8 Å². The van der Waals surface area contributed by atoms with Crippen LogP contribution in [0.4, 0.5) is 5.69 Å². The summed E-state index contributed by atoms with van der Waals surface area (Å²) >= 11 is 7.65. The summed E-state index contributed by atoms with van der Waals surface area (Å²) < 4.78 is 35.2. The van der Waals surface area contributed by atoms with Gasteiger partial charge in [-0.25, -0.2) is 13.4 Å². The van der Waals surface area contributed by atoms with E-state index < -0.39 is 10.0 Å². The topological polar surface area (TPSA) is 63.9 Å². The van der Waals surface area contributed by atoms with Crippen LogP contribution in [-0.2, 0) is 16.6 Å². The maximum absolute atomic E-state index is 13.0. The van der Waals surface area contributed by atoms with Crippen molar-refractivity contribution in [2.45, 2.75) is 31.2 Å². The Morgan fingerprint density at radius 3 is 2.24 bits per heavy atom. The second-order valence-corrected chi connectivity index (χ2v) is 12.0. The lowest BCUT2D eigenvalue weighted by molar-refractivity contribution is 0.340. The van der Waals surface area contributed by atoms with Crippen LogP contribution in [0.3, 0.4) is 0 Å². The van der Waals surface area contributed by atoms with Gasteiger partial charge in [0.05, 0.1) is 29.4 Å². The zero-order valence-corrected chi connectivity index (χ0v) is 25.0. The summed E-state index contributed by atoms with van der Waals surface area (Å²) in [7, 11) is -3.46. The number of nitrogens with zero attached hydrogens (tertiary/aromatic N) is 3. The normalized spacial score (nSPS) is 14.4. The molecule has 0 N–H and O–H groups in total. The van der Waals surface area contributed by atoms with Crippen molar-refractivity contribution in [1.82, 2.24) is 8.87 Å². The molecule has 0 saturated carbocycles. The van der Waals surface area contributed by atoms with Crippen LogP contribution >= 0.6 is 39.9 Å². The molecule has 1 saturated heterocycles. The van der Waals surface area contributed by atoms with E-state index in [1.165, 1.54) is 0 Å². The molecular formula is C28H29BrClN3O3S2. The van der Waals surface area contributed by atoms with Gasteiger partial charge in [0.15, 0.2) is 4.80 Å². The van der Waals surface area contributed by atoms with E-state index in [0.717, 1.165) is 45.9 Å². The molecule has 10 heteroatoms. The number of rotatable bonds is 8. The third-order valence-electron chi connectivity index (χ3n) is 6.28. The molecule has 4 aromatic rings. The standard InChI is InChI=1S/C28H28ClN3O3S2.BrH/c1-2-35-25-13-11-24(12-14-25)30-28-32(19-21-5-9-23(29)10-6-21)27(20-36-28)22-7-15-26(16-8-22)37(33,34)31-17-3-4-18-31;/h5-16,20H,2-4,17-19H2,1H3;1H. The minimum atomic E-state index is -3.46. The first kappa shape index (κ1) is 28.6. The van der Waals surface area contributed by atoms with E-state index >= 15 is 0 Å². The van der Waals surface area contributed by atoms with E-state index in [9.17, 15) is 8.42 Å². The first-order chi connectivity index (χ1) is 17.9. The Bertz CT molecular complexity index is 1530. The summed E-state index contributed by atoms with van der Waals surface area (Å²) in [5.41, 5.74) is 3.81. The van der Waals surface area contributed by atoms with Crippen LogP contribution in [0, 0.1) is 0 Å². The zero-order valence-electron chi connectivity index (χ0n) is 20.9. The van der Waals surface area contributed by atoms with Gasteiger partial charge in [-0.3, -0.25) is 0 Å². The fourth-order valence-electron chi connectivity index (χ4n) is 4.34. The minimum Gasteiger partial charge on any atom is -0.494 e. The lowest BCUT2D eigenvalue weighted by atomic mass is 10.1. The highest BCUT2D eigenvalue weighted by Crippen LogP contribution is 2.27. The van der Waals surface area contributed by atoms with Gasteiger partial charge in [0.2, 0.25) is 10.0 Å². The fourth-order valence-corrected chi connectivity index (χ4v) is 6.92. The molecule has 1 aliphatic rings. The van der Waals surface area contributed by atoms with E-state index in [2.05, 4.69) is 9.95 Å². The number of aromatic nitrogens is 1. The maximum atomic E-state index is 13.0. The van der Waals surface area contributed by atoms with Crippen molar-refractivity contribution in [3.63, 3.8) is 0 Å². The predicted molar refractivity (Wildman–Crippen MR) is 159 cm³/mol. The molecule has 3 aromatic carbocycles. The van der Waals surface area contributed by atoms with Crippen molar-refractivity contribution in [3.8, 4) is 17.0 Å². The van der Waals surface area contributed by atoms with E-state index in [1.807, 2.05) is 67.6 Å². The van der Waals surface area contributed by atoms with Gasteiger partial charge < -0.3 is 9.30 Å². The Morgan fingerprint density at radius 1 is 0.947 bits per heavy atom. The number of ether oxygens (including phenoxy) is 1. The van der Waals surface area contributed by atoms with Crippen LogP contribution in [0.25, 0.3) is 11.3 Å². The molecular weight excluding hydrogens is 606 g/mol. The number of hydrogen-bond acceptors (Lipinski definition) is 5. The third kappa shape index (κ3) is 6.40. The first-order valence-corrected chi connectivity index (χ1v) is 14.9. The van der Waals surface area contributed by atoms with Crippen LogP contribution < -0.4 is 9.54 Å². The first-order valence-electron chi connectivity index (χ1n) is 12.2. The van der Waals surface area contributed by atoms with Gasteiger partial charge in [-0.05, 0) is 79.4 Å². The molecule has 0 atom stereocenters. The fraction of sp³-hybridized carbons (Fsp3) is 0.250.